The SMILES string of the molecule is CCN(CC(=O)Nc1ccc(NC(C)=O)cc1)S(=O)(=O)Cc1c(C)noc1C. The van der Waals surface area contributed by atoms with Gasteiger partial charge in [-0.2, -0.15) is 4.31 Å². The van der Waals surface area contributed by atoms with Crippen molar-refractivity contribution in [3.8, 4) is 0 Å². The molecule has 9 nitrogen and oxygen atoms in total. The first-order chi connectivity index (χ1) is 13.1. The van der Waals surface area contributed by atoms with E-state index in [1.807, 2.05) is 0 Å². The molecule has 1 aromatic heterocycles. The predicted octanol–water partition coefficient (Wildman–Crippen LogP) is 2.04. The van der Waals surface area contributed by atoms with Gasteiger partial charge in [0.1, 0.15) is 5.76 Å². The summed E-state index contributed by atoms with van der Waals surface area (Å²) in [4.78, 5) is 23.3. The van der Waals surface area contributed by atoms with Crippen molar-refractivity contribution in [3.63, 3.8) is 0 Å². The van der Waals surface area contributed by atoms with E-state index in [1.165, 1.54) is 6.92 Å². The minimum atomic E-state index is -3.72. The quantitative estimate of drug-likeness (QED) is 0.689. The molecule has 152 valence electrons. The minimum Gasteiger partial charge on any atom is -0.361 e. The molecule has 0 unspecified atom stereocenters. The summed E-state index contributed by atoms with van der Waals surface area (Å²) in [5, 5.41) is 9.04. The second kappa shape index (κ2) is 8.98. The highest BCUT2D eigenvalue weighted by Gasteiger charge is 2.26. The van der Waals surface area contributed by atoms with Crippen LogP contribution in [-0.4, -0.2) is 42.8 Å². The highest BCUT2D eigenvalue weighted by molar-refractivity contribution is 7.88. The van der Waals surface area contributed by atoms with Crippen molar-refractivity contribution < 1.29 is 22.5 Å². The number of carbonyl (C=O) groups excluding carboxylic acids is 2. The molecule has 0 aliphatic heterocycles. The standard InChI is InChI=1S/C18H24N4O5S/c1-5-22(28(25,26)11-17-12(2)21-27-13(17)3)10-18(24)20-16-8-6-15(7-9-16)19-14(4)23/h6-9H,5,10-11H2,1-4H3,(H,19,23)(H,20,24). The van der Waals surface area contributed by atoms with Crippen molar-refractivity contribution in [2.75, 3.05) is 23.7 Å². The van der Waals surface area contributed by atoms with E-state index < -0.39 is 15.9 Å². The van der Waals surface area contributed by atoms with Crippen LogP contribution in [-0.2, 0) is 25.4 Å². The first-order valence-corrected chi connectivity index (χ1v) is 10.3. The molecule has 0 saturated carbocycles. The van der Waals surface area contributed by atoms with Gasteiger partial charge < -0.3 is 15.2 Å². The van der Waals surface area contributed by atoms with Crippen LogP contribution in [0.15, 0.2) is 28.8 Å². The van der Waals surface area contributed by atoms with Crippen LogP contribution in [0, 0.1) is 13.8 Å². The molecule has 0 saturated heterocycles. The molecule has 28 heavy (non-hydrogen) atoms. The summed E-state index contributed by atoms with van der Waals surface area (Å²) in [6.07, 6.45) is 0. The summed E-state index contributed by atoms with van der Waals surface area (Å²) < 4.78 is 31.5. The maximum Gasteiger partial charge on any atom is 0.239 e. The molecule has 0 fully saturated rings. The molecule has 1 aromatic carbocycles. The first-order valence-electron chi connectivity index (χ1n) is 8.69. The first kappa shape index (κ1) is 21.6. The fourth-order valence-electron chi connectivity index (χ4n) is 2.59. The predicted molar refractivity (Wildman–Crippen MR) is 105 cm³/mol. The number of aromatic nitrogens is 1. The molecule has 0 radical (unpaired) electrons. The van der Waals surface area contributed by atoms with E-state index in [-0.39, 0.29) is 24.7 Å². The van der Waals surface area contributed by atoms with Crippen molar-refractivity contribution in [1.29, 1.82) is 0 Å². The molecule has 2 amide bonds. The monoisotopic (exact) mass is 408 g/mol. The van der Waals surface area contributed by atoms with Gasteiger partial charge in [-0.05, 0) is 38.1 Å². The maximum absolute atomic E-state index is 12.7. The fourth-order valence-corrected chi connectivity index (χ4v) is 4.26. The van der Waals surface area contributed by atoms with E-state index in [0.29, 0.717) is 28.4 Å². The molecule has 0 aliphatic rings. The lowest BCUT2D eigenvalue weighted by Crippen LogP contribution is -2.38. The molecule has 1 heterocycles. The van der Waals surface area contributed by atoms with Crippen molar-refractivity contribution >= 4 is 33.2 Å². The second-order valence-corrected chi connectivity index (χ2v) is 8.26. The van der Waals surface area contributed by atoms with E-state index in [4.69, 9.17) is 4.52 Å². The lowest BCUT2D eigenvalue weighted by Gasteiger charge is -2.20. The summed E-state index contributed by atoms with van der Waals surface area (Å²) >= 11 is 0. The number of carbonyl (C=O) groups is 2. The Labute approximate surface area is 164 Å². The molecular formula is C18H24N4O5S. The molecule has 0 bridgehead atoms. The van der Waals surface area contributed by atoms with Crippen molar-refractivity contribution in [1.82, 2.24) is 9.46 Å². The number of anilines is 2. The molecule has 0 spiro atoms. The van der Waals surface area contributed by atoms with E-state index >= 15 is 0 Å². The summed E-state index contributed by atoms with van der Waals surface area (Å²) in [6, 6.07) is 6.53. The van der Waals surface area contributed by atoms with Crippen LogP contribution in [0.5, 0.6) is 0 Å². The van der Waals surface area contributed by atoms with Gasteiger partial charge >= 0.3 is 0 Å². The Balaban J connectivity index is 2.03. The van der Waals surface area contributed by atoms with Crippen LogP contribution >= 0.6 is 0 Å². The Bertz CT molecular complexity index is 931. The summed E-state index contributed by atoms with van der Waals surface area (Å²) in [5.41, 5.74) is 2.12. The maximum atomic E-state index is 12.7. The Kier molecular flexibility index (Phi) is 6.92. The zero-order valence-electron chi connectivity index (χ0n) is 16.3. The number of nitrogens with one attached hydrogen (secondary N) is 2. The largest absolute Gasteiger partial charge is 0.361 e. The van der Waals surface area contributed by atoms with Gasteiger partial charge in [0, 0.05) is 30.4 Å². The third kappa shape index (κ3) is 5.64. The lowest BCUT2D eigenvalue weighted by molar-refractivity contribution is -0.116. The van der Waals surface area contributed by atoms with E-state index in [2.05, 4.69) is 15.8 Å². The molecule has 10 heteroatoms. The lowest BCUT2D eigenvalue weighted by atomic mass is 10.2. The fraction of sp³-hybridized carbons (Fsp3) is 0.389. The molecular weight excluding hydrogens is 384 g/mol. The average molecular weight is 408 g/mol. The van der Waals surface area contributed by atoms with E-state index in [1.54, 1.807) is 45.0 Å². The van der Waals surface area contributed by atoms with Crippen LogP contribution in [0.1, 0.15) is 30.9 Å². The number of sulfonamides is 1. The minimum absolute atomic E-state index is 0.153. The number of likely N-dealkylation sites (N-methyl/N-ethyl adjacent to an activating group) is 1. The number of aryl methyl sites for hydroxylation is 2. The van der Waals surface area contributed by atoms with Crippen molar-refractivity contribution in [2.24, 2.45) is 0 Å². The number of amides is 2. The van der Waals surface area contributed by atoms with Gasteiger partial charge in [0.25, 0.3) is 0 Å². The van der Waals surface area contributed by atoms with Gasteiger partial charge in [-0.1, -0.05) is 12.1 Å². The average Bonchev–Trinajstić information content (AvgIpc) is 2.92. The van der Waals surface area contributed by atoms with Crippen molar-refractivity contribution in [3.05, 3.63) is 41.3 Å². The highest BCUT2D eigenvalue weighted by Crippen LogP contribution is 2.18. The molecule has 2 rings (SSSR count). The summed E-state index contributed by atoms with van der Waals surface area (Å²) in [6.45, 7) is 6.24. The smallest absolute Gasteiger partial charge is 0.239 e. The third-order valence-corrected chi connectivity index (χ3v) is 5.89. The van der Waals surface area contributed by atoms with E-state index in [9.17, 15) is 18.0 Å². The second-order valence-electron chi connectivity index (χ2n) is 6.29. The Morgan fingerprint density at radius 2 is 1.68 bits per heavy atom. The van der Waals surface area contributed by atoms with Crippen LogP contribution in [0.3, 0.4) is 0 Å². The molecule has 0 atom stereocenters. The molecule has 2 aromatic rings. The zero-order valence-corrected chi connectivity index (χ0v) is 17.1. The number of benzene rings is 1. The summed E-state index contributed by atoms with van der Waals surface area (Å²) in [7, 11) is -3.72. The molecule has 0 aliphatic carbocycles. The van der Waals surface area contributed by atoms with Crippen LogP contribution < -0.4 is 10.6 Å². The van der Waals surface area contributed by atoms with Gasteiger partial charge in [0.05, 0.1) is 18.0 Å². The van der Waals surface area contributed by atoms with Gasteiger partial charge in [-0.15, -0.1) is 0 Å². The molecule has 2 N–H and O–H groups in total. The van der Waals surface area contributed by atoms with Gasteiger partial charge in [-0.25, -0.2) is 8.42 Å². The van der Waals surface area contributed by atoms with Gasteiger partial charge in [0.15, 0.2) is 0 Å². The van der Waals surface area contributed by atoms with Crippen LogP contribution in [0.4, 0.5) is 11.4 Å². The third-order valence-electron chi connectivity index (χ3n) is 4.06. The number of rotatable bonds is 8. The number of hydrogen-bond acceptors (Lipinski definition) is 6. The van der Waals surface area contributed by atoms with Crippen molar-refractivity contribution in [2.45, 2.75) is 33.4 Å². The number of nitrogens with zero attached hydrogens (tertiary/aromatic N) is 2. The van der Waals surface area contributed by atoms with Crippen LogP contribution in [0.2, 0.25) is 0 Å². The van der Waals surface area contributed by atoms with Gasteiger partial charge in [-0.3, -0.25) is 9.59 Å². The summed E-state index contributed by atoms with van der Waals surface area (Å²) in [5.74, 6) is -0.489. The Hall–Kier alpha value is -2.72. The Morgan fingerprint density at radius 1 is 1.11 bits per heavy atom. The number of hydrogen-bond donors (Lipinski definition) is 2. The van der Waals surface area contributed by atoms with Gasteiger partial charge in [0.2, 0.25) is 21.8 Å². The van der Waals surface area contributed by atoms with E-state index in [0.717, 1.165) is 4.31 Å². The highest BCUT2D eigenvalue weighted by atomic mass is 32.2. The normalized spacial score (nSPS) is 11.5. The Morgan fingerprint density at radius 3 is 2.14 bits per heavy atom. The zero-order chi connectivity index (χ0) is 20.9. The topological polar surface area (TPSA) is 122 Å². The van der Waals surface area contributed by atoms with Crippen LogP contribution in [0.25, 0.3) is 0 Å².